The second-order valence-corrected chi connectivity index (χ2v) is 6.47. The number of aliphatic hydroxyl groups is 1. The Kier molecular flexibility index (Phi) is 3.69. The minimum absolute atomic E-state index is 0.552. The molecule has 0 spiro atoms. The van der Waals surface area contributed by atoms with Gasteiger partial charge in [-0.05, 0) is 25.0 Å². The predicted molar refractivity (Wildman–Crippen MR) is 72.9 cm³/mol. The minimum atomic E-state index is -0.564. The molecule has 1 saturated heterocycles. The molecule has 2 atom stereocenters. The molecule has 0 saturated carbocycles. The summed E-state index contributed by atoms with van der Waals surface area (Å²) in [6.07, 6.45) is 1.56. The second kappa shape index (κ2) is 4.91. The van der Waals surface area contributed by atoms with E-state index in [0.29, 0.717) is 11.7 Å². The van der Waals surface area contributed by atoms with Gasteiger partial charge in [-0.15, -0.1) is 0 Å². The largest absolute Gasteiger partial charge is 0.496 e. The number of hydrogen-bond donors (Lipinski definition) is 1. The quantitative estimate of drug-likeness (QED) is 0.897. The summed E-state index contributed by atoms with van der Waals surface area (Å²) in [6.45, 7) is 4.25. The summed E-state index contributed by atoms with van der Waals surface area (Å²) in [5.74, 6) is 1.71. The molecule has 17 heavy (non-hydrogen) atoms. The normalized spacial score (nSPS) is 28.4. The summed E-state index contributed by atoms with van der Waals surface area (Å²) in [7, 11) is 1.68. The highest BCUT2D eigenvalue weighted by Gasteiger charge is 2.36. The lowest BCUT2D eigenvalue weighted by atomic mass is 9.91. The van der Waals surface area contributed by atoms with Gasteiger partial charge in [-0.1, -0.05) is 24.6 Å². The molecule has 94 valence electrons. The molecule has 1 aliphatic rings. The first-order valence-electron chi connectivity index (χ1n) is 6.00. The van der Waals surface area contributed by atoms with Crippen molar-refractivity contribution in [1.82, 2.24) is 0 Å². The molecular weight excluding hydrogens is 232 g/mol. The monoisotopic (exact) mass is 252 g/mol. The van der Waals surface area contributed by atoms with E-state index in [-0.39, 0.29) is 0 Å². The molecule has 0 radical (unpaired) electrons. The van der Waals surface area contributed by atoms with Crippen molar-refractivity contribution < 1.29 is 9.84 Å². The van der Waals surface area contributed by atoms with Crippen molar-refractivity contribution in [2.24, 2.45) is 0 Å². The van der Waals surface area contributed by atoms with E-state index >= 15 is 0 Å². The maximum atomic E-state index is 10.5. The number of benzene rings is 1. The topological polar surface area (TPSA) is 29.5 Å². The van der Waals surface area contributed by atoms with Gasteiger partial charge < -0.3 is 9.84 Å². The molecular formula is C14H20O2S. The second-order valence-electron chi connectivity index (χ2n) is 5.04. The molecule has 2 nitrogen and oxygen atoms in total. The summed E-state index contributed by atoms with van der Waals surface area (Å²) in [5, 5.41) is 11.1. The predicted octanol–water partition coefficient (Wildman–Crippen LogP) is 2.80. The SMILES string of the molecule is COc1ccc(C)cc1CC1(O)CSC(C)C1. The van der Waals surface area contributed by atoms with E-state index in [0.717, 1.165) is 23.5 Å². The van der Waals surface area contributed by atoms with Gasteiger partial charge in [-0.25, -0.2) is 0 Å². The maximum absolute atomic E-state index is 10.5. The zero-order valence-electron chi connectivity index (χ0n) is 10.7. The lowest BCUT2D eigenvalue weighted by molar-refractivity contribution is 0.0636. The van der Waals surface area contributed by atoms with E-state index in [2.05, 4.69) is 19.9 Å². The van der Waals surface area contributed by atoms with E-state index in [1.54, 1.807) is 7.11 Å². The Morgan fingerprint density at radius 3 is 2.88 bits per heavy atom. The molecule has 2 rings (SSSR count). The first kappa shape index (κ1) is 12.8. The summed E-state index contributed by atoms with van der Waals surface area (Å²) in [4.78, 5) is 0. The van der Waals surface area contributed by atoms with Crippen molar-refractivity contribution in [2.45, 2.75) is 37.5 Å². The third kappa shape index (κ3) is 2.96. The Hall–Kier alpha value is -0.670. The molecule has 2 unspecified atom stereocenters. The van der Waals surface area contributed by atoms with E-state index in [4.69, 9.17) is 4.74 Å². The van der Waals surface area contributed by atoms with Gasteiger partial charge in [0, 0.05) is 17.4 Å². The van der Waals surface area contributed by atoms with E-state index in [1.165, 1.54) is 5.56 Å². The zero-order chi connectivity index (χ0) is 12.5. The van der Waals surface area contributed by atoms with Gasteiger partial charge in [-0.3, -0.25) is 0 Å². The van der Waals surface area contributed by atoms with Gasteiger partial charge in [0.05, 0.1) is 12.7 Å². The molecule has 0 bridgehead atoms. The molecule has 0 aliphatic carbocycles. The highest BCUT2D eigenvalue weighted by atomic mass is 32.2. The molecule has 0 amide bonds. The van der Waals surface area contributed by atoms with Gasteiger partial charge in [0.15, 0.2) is 0 Å². The average molecular weight is 252 g/mol. The van der Waals surface area contributed by atoms with Crippen molar-refractivity contribution in [3.05, 3.63) is 29.3 Å². The minimum Gasteiger partial charge on any atom is -0.496 e. The van der Waals surface area contributed by atoms with Crippen molar-refractivity contribution >= 4 is 11.8 Å². The lowest BCUT2D eigenvalue weighted by Gasteiger charge is -2.23. The molecule has 1 aliphatic heterocycles. The Labute approximate surface area is 107 Å². The smallest absolute Gasteiger partial charge is 0.122 e. The average Bonchev–Trinajstić information content (AvgIpc) is 2.59. The molecule has 1 aromatic carbocycles. The fraction of sp³-hybridized carbons (Fsp3) is 0.571. The third-order valence-electron chi connectivity index (χ3n) is 3.26. The Bertz CT molecular complexity index is 405. The molecule has 1 aromatic rings. The molecule has 1 heterocycles. The van der Waals surface area contributed by atoms with E-state index in [9.17, 15) is 5.11 Å². The zero-order valence-corrected chi connectivity index (χ0v) is 11.5. The Balaban J connectivity index is 2.20. The molecule has 1 N–H and O–H groups in total. The van der Waals surface area contributed by atoms with E-state index in [1.807, 2.05) is 23.9 Å². The van der Waals surface area contributed by atoms with Crippen LogP contribution in [0.4, 0.5) is 0 Å². The Morgan fingerprint density at radius 2 is 2.29 bits per heavy atom. The highest BCUT2D eigenvalue weighted by molar-refractivity contribution is 8.00. The van der Waals surface area contributed by atoms with E-state index < -0.39 is 5.60 Å². The van der Waals surface area contributed by atoms with Crippen molar-refractivity contribution in [2.75, 3.05) is 12.9 Å². The number of rotatable bonds is 3. The number of hydrogen-bond acceptors (Lipinski definition) is 3. The first-order valence-corrected chi connectivity index (χ1v) is 7.05. The number of thioether (sulfide) groups is 1. The van der Waals surface area contributed by atoms with Crippen LogP contribution in [-0.4, -0.2) is 28.8 Å². The number of methoxy groups -OCH3 is 1. The Morgan fingerprint density at radius 1 is 1.53 bits per heavy atom. The third-order valence-corrected chi connectivity index (χ3v) is 4.70. The van der Waals surface area contributed by atoms with Crippen LogP contribution in [0.2, 0.25) is 0 Å². The fourth-order valence-electron chi connectivity index (χ4n) is 2.47. The van der Waals surface area contributed by atoms with Crippen LogP contribution < -0.4 is 4.74 Å². The van der Waals surface area contributed by atoms with Crippen LogP contribution in [0.15, 0.2) is 18.2 Å². The van der Waals surface area contributed by atoms with Crippen LogP contribution in [0.5, 0.6) is 5.75 Å². The molecule has 3 heteroatoms. The van der Waals surface area contributed by atoms with Gasteiger partial charge >= 0.3 is 0 Å². The molecule has 1 fully saturated rings. The highest BCUT2D eigenvalue weighted by Crippen LogP contribution is 2.38. The van der Waals surface area contributed by atoms with Gasteiger partial charge in [0.2, 0.25) is 0 Å². The van der Waals surface area contributed by atoms with Crippen LogP contribution in [0, 0.1) is 6.92 Å². The maximum Gasteiger partial charge on any atom is 0.122 e. The van der Waals surface area contributed by atoms with Crippen molar-refractivity contribution in [1.29, 1.82) is 0 Å². The fourth-order valence-corrected chi connectivity index (χ4v) is 3.72. The van der Waals surface area contributed by atoms with Crippen LogP contribution in [0.1, 0.15) is 24.5 Å². The van der Waals surface area contributed by atoms with Crippen LogP contribution in [-0.2, 0) is 6.42 Å². The summed E-state index contributed by atoms with van der Waals surface area (Å²) >= 11 is 1.85. The number of ether oxygens (including phenoxy) is 1. The number of aryl methyl sites for hydroxylation is 1. The van der Waals surface area contributed by atoms with Crippen molar-refractivity contribution in [3.63, 3.8) is 0 Å². The van der Waals surface area contributed by atoms with Crippen LogP contribution in [0.3, 0.4) is 0 Å². The first-order chi connectivity index (χ1) is 8.02. The summed E-state index contributed by atoms with van der Waals surface area (Å²) < 4.78 is 5.36. The summed E-state index contributed by atoms with van der Waals surface area (Å²) in [5.41, 5.74) is 1.76. The van der Waals surface area contributed by atoms with Gasteiger partial charge in [0.25, 0.3) is 0 Å². The van der Waals surface area contributed by atoms with Crippen LogP contribution in [0.25, 0.3) is 0 Å². The van der Waals surface area contributed by atoms with Gasteiger partial charge in [0.1, 0.15) is 5.75 Å². The molecule has 0 aromatic heterocycles. The standard InChI is InChI=1S/C14H20O2S/c1-10-4-5-13(16-3)12(6-10)8-14(15)7-11(2)17-9-14/h4-6,11,15H,7-9H2,1-3H3. The summed E-state index contributed by atoms with van der Waals surface area (Å²) in [6, 6.07) is 6.14. The van der Waals surface area contributed by atoms with Gasteiger partial charge in [-0.2, -0.15) is 11.8 Å². The van der Waals surface area contributed by atoms with Crippen LogP contribution >= 0.6 is 11.8 Å². The van der Waals surface area contributed by atoms with Crippen molar-refractivity contribution in [3.8, 4) is 5.75 Å². The lowest BCUT2D eigenvalue weighted by Crippen LogP contribution is -2.31.